The number of oxime groups is 1. The third-order valence-electron chi connectivity index (χ3n) is 6.02. The fourth-order valence-electron chi connectivity index (χ4n) is 4.32. The number of anilines is 1. The van der Waals surface area contributed by atoms with Gasteiger partial charge in [0.05, 0.1) is 0 Å². The van der Waals surface area contributed by atoms with Crippen LogP contribution in [-0.2, 0) is 24.7 Å². The maximum absolute atomic E-state index is 12.6. The van der Waals surface area contributed by atoms with Crippen LogP contribution in [0.15, 0.2) is 102 Å². The van der Waals surface area contributed by atoms with Gasteiger partial charge in [-0.2, -0.15) is 0 Å². The lowest BCUT2D eigenvalue weighted by Gasteiger charge is -2.36. The van der Waals surface area contributed by atoms with E-state index in [0.29, 0.717) is 10.9 Å². The van der Waals surface area contributed by atoms with E-state index in [-0.39, 0.29) is 5.69 Å². The van der Waals surface area contributed by atoms with Crippen LogP contribution in [0.4, 0.5) is 5.13 Å². The fourth-order valence-corrected chi connectivity index (χ4v) is 5.66. The van der Waals surface area contributed by atoms with E-state index in [0.717, 1.165) is 28.5 Å². The molecule has 8 nitrogen and oxygen atoms in total. The van der Waals surface area contributed by atoms with Crippen molar-refractivity contribution in [3.8, 4) is 0 Å². The van der Waals surface area contributed by atoms with E-state index in [1.165, 1.54) is 11.3 Å². The molecule has 0 fully saturated rings. The van der Waals surface area contributed by atoms with Gasteiger partial charge < -0.3 is 20.0 Å². The number of benzene rings is 3. The van der Waals surface area contributed by atoms with Crippen molar-refractivity contribution >= 4 is 45.9 Å². The molecule has 0 saturated heterocycles. The minimum atomic E-state index is -1.34. The molecule has 1 aromatic heterocycles. The summed E-state index contributed by atoms with van der Waals surface area (Å²) in [5.41, 5.74) is -0.0807. The van der Waals surface area contributed by atoms with Gasteiger partial charge in [-0.3, -0.25) is 0 Å². The van der Waals surface area contributed by atoms with Gasteiger partial charge >= 0.3 is 11.9 Å². The molecule has 0 saturated carbocycles. The lowest BCUT2D eigenvalue weighted by Crippen LogP contribution is -2.38. The van der Waals surface area contributed by atoms with E-state index in [4.69, 9.17) is 9.57 Å². The van der Waals surface area contributed by atoms with Gasteiger partial charge in [-0.1, -0.05) is 103 Å². The van der Waals surface area contributed by atoms with Crippen LogP contribution < -0.4 is 5.32 Å². The Kier molecular flexibility index (Phi) is 10.0. The number of aliphatic carboxylic acids is 1. The molecule has 1 unspecified atom stereocenters. The topological polar surface area (TPSA) is 110 Å². The molecule has 218 valence electrons. The van der Waals surface area contributed by atoms with E-state index in [1.54, 1.807) is 26.2 Å². The Balaban J connectivity index is 1.73. The maximum atomic E-state index is 12.6. The number of ether oxygens (including phenoxy) is 1. The molecule has 4 aromatic rings. The molecule has 1 atom stereocenters. The van der Waals surface area contributed by atoms with Crippen LogP contribution in [-0.4, -0.2) is 44.5 Å². The minimum Gasteiger partial charge on any atom is -0.476 e. The largest absolute Gasteiger partial charge is 0.476 e. The summed E-state index contributed by atoms with van der Waals surface area (Å²) in [5.74, 6) is -1.44. The third-order valence-corrected chi connectivity index (χ3v) is 7.69. The summed E-state index contributed by atoms with van der Waals surface area (Å²) in [4.78, 5) is 34.9. The normalized spacial score (nSPS) is 12.8. The van der Waals surface area contributed by atoms with Gasteiger partial charge in [0.1, 0.15) is 16.8 Å². The second-order valence-corrected chi connectivity index (χ2v) is 12.4. The smallest absolute Gasteiger partial charge is 0.361 e. The Morgan fingerprint density at radius 3 is 1.86 bits per heavy atom. The predicted octanol–water partition coefficient (Wildman–Crippen LogP) is 6.77. The molecular weight excluding hydrogens is 571 g/mol. The number of nitrogens with one attached hydrogen (secondary N) is 1. The van der Waals surface area contributed by atoms with Crippen LogP contribution in [0.5, 0.6) is 0 Å². The molecule has 1 heterocycles. The van der Waals surface area contributed by atoms with Gasteiger partial charge in [0.25, 0.3) is 5.44 Å². The van der Waals surface area contributed by atoms with Gasteiger partial charge in [-0.15, -0.1) is 23.1 Å². The second-order valence-electron chi connectivity index (χ2n) is 10.2. The van der Waals surface area contributed by atoms with Gasteiger partial charge in [0.15, 0.2) is 5.13 Å². The van der Waals surface area contributed by atoms with Gasteiger partial charge in [0, 0.05) is 5.38 Å². The number of thiazole rings is 1. The Bertz CT molecular complexity index is 1410. The number of esters is 1. The molecule has 4 rings (SSSR count). The molecule has 2 N–H and O–H groups in total. The molecule has 0 aliphatic heterocycles. The number of carbonyl (C=O) groups excluding carboxylic acids is 1. The molecule has 0 aliphatic rings. The molecule has 0 amide bonds. The monoisotopic (exact) mass is 603 g/mol. The molecule has 10 heteroatoms. The first-order valence-corrected chi connectivity index (χ1v) is 15.3. The summed E-state index contributed by atoms with van der Waals surface area (Å²) in [6.45, 7) is 7.09. The van der Waals surface area contributed by atoms with E-state index < -0.39 is 34.2 Å². The van der Waals surface area contributed by atoms with Crippen molar-refractivity contribution in [1.82, 2.24) is 4.98 Å². The molecule has 42 heavy (non-hydrogen) atoms. The first-order valence-electron chi connectivity index (χ1n) is 13.4. The Morgan fingerprint density at radius 1 is 0.929 bits per heavy atom. The standard InChI is InChI=1S/C32H33N3O5S2/c1-5-41-29(28(38)39-31(2,3)4)40-35-26(27(36)37)25-21-42-30(33-25)34-32(22-15-9-6-10-16-22,23-17-11-7-12-18-23)24-19-13-8-14-20-24/h6-21,29H,5H2,1-4H3,(H,33,34)(H,36,37). The summed E-state index contributed by atoms with van der Waals surface area (Å²) in [7, 11) is 0. The minimum absolute atomic E-state index is 0.0996. The van der Waals surface area contributed by atoms with Crippen molar-refractivity contribution in [2.75, 3.05) is 11.1 Å². The summed E-state index contributed by atoms with van der Waals surface area (Å²) in [6, 6.07) is 30.0. The molecule has 0 bridgehead atoms. The highest BCUT2D eigenvalue weighted by molar-refractivity contribution is 8.00. The maximum Gasteiger partial charge on any atom is 0.361 e. The Morgan fingerprint density at radius 2 is 1.43 bits per heavy atom. The number of carboxylic acid groups (broad SMARTS) is 1. The highest BCUT2D eigenvalue weighted by Gasteiger charge is 2.37. The van der Waals surface area contributed by atoms with E-state index in [1.807, 2.05) is 97.9 Å². The summed E-state index contributed by atoms with van der Waals surface area (Å²) in [5, 5.41) is 19.5. The predicted molar refractivity (Wildman–Crippen MR) is 168 cm³/mol. The fraction of sp³-hybridized carbons (Fsp3) is 0.250. The second kappa shape index (κ2) is 13.7. The van der Waals surface area contributed by atoms with Crippen molar-refractivity contribution in [2.24, 2.45) is 5.16 Å². The highest BCUT2D eigenvalue weighted by Crippen LogP contribution is 2.40. The number of carboxylic acids is 1. The van der Waals surface area contributed by atoms with Gasteiger partial charge in [0.2, 0.25) is 5.71 Å². The number of nitrogens with zero attached hydrogens (tertiary/aromatic N) is 2. The molecule has 0 radical (unpaired) electrons. The van der Waals surface area contributed by atoms with Crippen molar-refractivity contribution in [3.63, 3.8) is 0 Å². The quantitative estimate of drug-likeness (QED) is 0.0600. The number of carbonyl (C=O) groups is 2. The van der Waals surface area contributed by atoms with Gasteiger partial charge in [-0.05, 0) is 43.2 Å². The number of thioether (sulfide) groups is 1. The Labute approximate surface area is 253 Å². The lowest BCUT2D eigenvalue weighted by molar-refractivity contribution is -0.162. The van der Waals surface area contributed by atoms with Gasteiger partial charge in [-0.25, -0.2) is 14.6 Å². The van der Waals surface area contributed by atoms with Crippen LogP contribution in [0, 0.1) is 0 Å². The number of rotatable bonds is 12. The SMILES string of the molecule is CCSC(ON=C(C(=O)O)c1csc(NC(c2ccccc2)(c2ccccc2)c2ccccc2)n1)C(=O)OC(C)(C)C. The van der Waals surface area contributed by atoms with Crippen molar-refractivity contribution in [1.29, 1.82) is 0 Å². The number of hydrogen-bond donors (Lipinski definition) is 2. The Hall–Kier alpha value is -4.15. The molecular formula is C32H33N3O5S2. The molecule has 3 aromatic carbocycles. The van der Waals surface area contributed by atoms with Crippen molar-refractivity contribution in [3.05, 3.63) is 119 Å². The number of hydrogen-bond acceptors (Lipinski definition) is 9. The van der Waals surface area contributed by atoms with Crippen molar-refractivity contribution < 1.29 is 24.3 Å². The van der Waals surface area contributed by atoms with Crippen LogP contribution in [0.3, 0.4) is 0 Å². The molecule has 0 spiro atoms. The molecule has 0 aliphatic carbocycles. The zero-order chi connectivity index (χ0) is 30.2. The third kappa shape index (κ3) is 7.37. The average molecular weight is 604 g/mol. The summed E-state index contributed by atoms with van der Waals surface area (Å²) in [6.07, 6.45) is 0. The zero-order valence-corrected chi connectivity index (χ0v) is 25.4. The van der Waals surface area contributed by atoms with Crippen molar-refractivity contribution in [2.45, 2.75) is 44.3 Å². The zero-order valence-electron chi connectivity index (χ0n) is 23.8. The van der Waals surface area contributed by atoms with Crippen LogP contribution in [0.1, 0.15) is 50.1 Å². The van der Waals surface area contributed by atoms with E-state index in [9.17, 15) is 14.7 Å². The first kappa shape index (κ1) is 30.8. The van der Waals surface area contributed by atoms with E-state index in [2.05, 4.69) is 15.5 Å². The van der Waals surface area contributed by atoms with Crippen LogP contribution in [0.25, 0.3) is 0 Å². The van der Waals surface area contributed by atoms with E-state index >= 15 is 0 Å². The summed E-state index contributed by atoms with van der Waals surface area (Å²) >= 11 is 2.40. The highest BCUT2D eigenvalue weighted by atomic mass is 32.2. The summed E-state index contributed by atoms with van der Waals surface area (Å²) < 4.78 is 5.41. The van der Waals surface area contributed by atoms with Crippen LogP contribution in [0.2, 0.25) is 0 Å². The average Bonchev–Trinajstić information content (AvgIpc) is 3.43. The first-order chi connectivity index (χ1) is 20.1. The van der Waals surface area contributed by atoms with Crippen LogP contribution >= 0.6 is 23.1 Å². The lowest BCUT2D eigenvalue weighted by atomic mass is 9.77. The number of aromatic nitrogens is 1.